The summed E-state index contributed by atoms with van der Waals surface area (Å²) in [6, 6.07) is 14.8. The van der Waals surface area contributed by atoms with Crippen LogP contribution in [0.25, 0.3) is 5.69 Å². The van der Waals surface area contributed by atoms with Gasteiger partial charge in [-0.3, -0.25) is 4.79 Å². The molecule has 0 radical (unpaired) electrons. The van der Waals surface area contributed by atoms with E-state index < -0.39 is 17.7 Å². The van der Waals surface area contributed by atoms with Gasteiger partial charge in [0.2, 0.25) is 5.91 Å². The van der Waals surface area contributed by atoms with Crippen LogP contribution < -0.4 is 5.32 Å². The number of anilines is 1. The second-order valence-corrected chi connectivity index (χ2v) is 6.47. The molecular weight excluding hydrogens is 361 g/mol. The van der Waals surface area contributed by atoms with Gasteiger partial charge in [-0.15, -0.1) is 0 Å². The summed E-state index contributed by atoms with van der Waals surface area (Å²) in [6.45, 7) is 0. The molecule has 7 heteroatoms. The maximum absolute atomic E-state index is 14.5. The minimum atomic E-state index is -1.22. The first-order chi connectivity index (χ1) is 13.5. The van der Waals surface area contributed by atoms with E-state index in [0.717, 1.165) is 5.56 Å². The van der Waals surface area contributed by atoms with Gasteiger partial charge in [0.15, 0.2) is 0 Å². The first-order valence-electron chi connectivity index (χ1n) is 8.53. The molecule has 1 aromatic heterocycles. The zero-order chi connectivity index (χ0) is 19.8. The van der Waals surface area contributed by atoms with Crippen molar-refractivity contribution in [2.45, 2.75) is 12.3 Å². The number of carboxylic acids is 1. The lowest BCUT2D eigenvalue weighted by Crippen LogP contribution is -2.25. The van der Waals surface area contributed by atoms with Crippen LogP contribution >= 0.6 is 0 Å². The van der Waals surface area contributed by atoms with Gasteiger partial charge in [-0.25, -0.2) is 9.18 Å². The smallest absolute Gasteiger partial charge is 0.339 e. The summed E-state index contributed by atoms with van der Waals surface area (Å²) in [5.74, 6) is -2.53. The summed E-state index contributed by atoms with van der Waals surface area (Å²) < 4.78 is 16.0. The highest BCUT2D eigenvalue weighted by Crippen LogP contribution is 2.41. The Bertz CT molecular complexity index is 1140. The van der Waals surface area contributed by atoms with E-state index in [-0.39, 0.29) is 29.3 Å². The summed E-state index contributed by atoms with van der Waals surface area (Å²) in [4.78, 5) is 24.0. The molecule has 0 bridgehead atoms. The summed E-state index contributed by atoms with van der Waals surface area (Å²) in [5.41, 5.74) is 1.96. The highest BCUT2D eigenvalue weighted by atomic mass is 19.1. The number of rotatable bonds is 3. The SMILES string of the molecule is N#Cc1ccc(C2CC(=O)Nc3c(C(=O)O)cn(-c4ccccc4F)c32)cc1. The number of carbonyl (C=O) groups is 2. The molecule has 2 heterocycles. The Morgan fingerprint density at radius 3 is 2.57 bits per heavy atom. The molecular formula is C21H14FN3O3. The fourth-order valence-electron chi connectivity index (χ4n) is 3.54. The number of nitrogens with zero attached hydrogens (tertiary/aromatic N) is 2. The zero-order valence-corrected chi connectivity index (χ0v) is 14.5. The van der Waals surface area contributed by atoms with Gasteiger partial charge in [0.1, 0.15) is 11.4 Å². The molecule has 0 spiro atoms. The maximum Gasteiger partial charge on any atom is 0.339 e. The Kier molecular flexibility index (Phi) is 4.17. The Morgan fingerprint density at radius 2 is 1.93 bits per heavy atom. The van der Waals surface area contributed by atoms with E-state index in [9.17, 15) is 19.1 Å². The van der Waals surface area contributed by atoms with E-state index in [1.54, 1.807) is 42.5 Å². The number of nitrogens with one attached hydrogen (secondary N) is 1. The summed E-state index contributed by atoms with van der Waals surface area (Å²) in [7, 11) is 0. The predicted octanol–water partition coefficient (Wildman–Crippen LogP) is 3.66. The third kappa shape index (κ3) is 2.81. The topological polar surface area (TPSA) is 95.1 Å². The molecule has 6 nitrogen and oxygen atoms in total. The van der Waals surface area contributed by atoms with Gasteiger partial charge in [0.05, 0.1) is 28.7 Å². The molecule has 1 atom stereocenters. The Balaban J connectivity index is 1.97. The molecule has 1 aliphatic rings. The summed E-state index contributed by atoms with van der Waals surface area (Å²) in [5, 5.41) is 21.2. The van der Waals surface area contributed by atoms with Crippen molar-refractivity contribution in [1.29, 1.82) is 5.26 Å². The monoisotopic (exact) mass is 375 g/mol. The third-order valence-electron chi connectivity index (χ3n) is 4.81. The lowest BCUT2D eigenvalue weighted by atomic mass is 9.88. The molecule has 1 unspecified atom stereocenters. The fourth-order valence-corrected chi connectivity index (χ4v) is 3.54. The van der Waals surface area contributed by atoms with Gasteiger partial charge < -0.3 is 15.0 Å². The van der Waals surface area contributed by atoms with E-state index in [1.165, 1.54) is 16.8 Å². The van der Waals surface area contributed by atoms with Gasteiger partial charge in [-0.1, -0.05) is 24.3 Å². The van der Waals surface area contributed by atoms with Gasteiger partial charge >= 0.3 is 5.97 Å². The molecule has 0 fully saturated rings. The van der Waals surface area contributed by atoms with E-state index in [1.807, 2.05) is 6.07 Å². The van der Waals surface area contributed by atoms with Crippen LogP contribution in [-0.4, -0.2) is 21.6 Å². The fraction of sp³-hybridized carbons (Fsp3) is 0.0952. The molecule has 28 heavy (non-hydrogen) atoms. The molecule has 2 N–H and O–H groups in total. The van der Waals surface area contributed by atoms with Gasteiger partial charge in [0, 0.05) is 18.5 Å². The summed E-state index contributed by atoms with van der Waals surface area (Å²) in [6.07, 6.45) is 1.41. The van der Waals surface area contributed by atoms with E-state index in [0.29, 0.717) is 11.3 Å². The van der Waals surface area contributed by atoms with Crippen molar-refractivity contribution >= 4 is 17.6 Å². The number of nitriles is 1. The third-order valence-corrected chi connectivity index (χ3v) is 4.81. The largest absolute Gasteiger partial charge is 0.478 e. The molecule has 0 saturated carbocycles. The second kappa shape index (κ2) is 6.67. The van der Waals surface area contributed by atoms with Crippen molar-refractivity contribution in [2.24, 2.45) is 0 Å². The number of fused-ring (bicyclic) bond motifs is 1. The number of carbonyl (C=O) groups excluding carboxylic acids is 1. The lowest BCUT2D eigenvalue weighted by molar-refractivity contribution is -0.116. The number of aromatic carboxylic acids is 1. The predicted molar refractivity (Wildman–Crippen MR) is 98.9 cm³/mol. The molecule has 4 rings (SSSR count). The van der Waals surface area contributed by atoms with Crippen LogP contribution in [0.3, 0.4) is 0 Å². The number of aromatic nitrogens is 1. The number of hydrogen-bond acceptors (Lipinski definition) is 3. The average molecular weight is 375 g/mol. The maximum atomic E-state index is 14.5. The normalized spacial score (nSPS) is 15.4. The van der Waals surface area contributed by atoms with Crippen LogP contribution in [0.4, 0.5) is 10.1 Å². The van der Waals surface area contributed by atoms with Crippen LogP contribution in [0.2, 0.25) is 0 Å². The molecule has 1 aliphatic heterocycles. The number of para-hydroxylation sites is 1. The van der Waals surface area contributed by atoms with Crippen molar-refractivity contribution < 1.29 is 19.1 Å². The first-order valence-corrected chi connectivity index (χ1v) is 8.53. The quantitative estimate of drug-likeness (QED) is 0.730. The van der Waals surface area contributed by atoms with E-state index in [4.69, 9.17) is 5.26 Å². The van der Waals surface area contributed by atoms with Crippen molar-refractivity contribution in [2.75, 3.05) is 5.32 Å². The van der Waals surface area contributed by atoms with Crippen molar-refractivity contribution in [1.82, 2.24) is 4.57 Å². The Labute approximate surface area is 159 Å². The van der Waals surface area contributed by atoms with Crippen molar-refractivity contribution in [3.05, 3.63) is 82.9 Å². The zero-order valence-electron chi connectivity index (χ0n) is 14.5. The van der Waals surface area contributed by atoms with Crippen LogP contribution in [0.1, 0.15) is 39.5 Å². The number of carboxylic acid groups (broad SMARTS) is 1. The average Bonchev–Trinajstić information content (AvgIpc) is 3.07. The molecule has 3 aromatic rings. The van der Waals surface area contributed by atoms with E-state index >= 15 is 0 Å². The minimum Gasteiger partial charge on any atom is -0.478 e. The minimum absolute atomic E-state index is 0.0798. The standard InChI is InChI=1S/C21H14FN3O3/c22-16-3-1-2-4-17(16)25-11-15(21(27)28)19-20(25)14(9-18(26)24-19)13-7-5-12(10-23)6-8-13/h1-8,11,14H,9H2,(H,24,26)(H,27,28). The van der Waals surface area contributed by atoms with Gasteiger partial charge in [0.25, 0.3) is 0 Å². The van der Waals surface area contributed by atoms with Crippen molar-refractivity contribution in [3.8, 4) is 11.8 Å². The number of benzene rings is 2. The van der Waals surface area contributed by atoms with E-state index in [2.05, 4.69) is 5.32 Å². The van der Waals surface area contributed by atoms with Gasteiger partial charge in [-0.2, -0.15) is 5.26 Å². The highest BCUT2D eigenvalue weighted by Gasteiger charge is 2.34. The Hall–Kier alpha value is -3.92. The second-order valence-electron chi connectivity index (χ2n) is 6.47. The van der Waals surface area contributed by atoms with Crippen LogP contribution in [0, 0.1) is 17.1 Å². The molecule has 1 amide bonds. The molecule has 138 valence electrons. The number of amides is 1. The van der Waals surface area contributed by atoms with Gasteiger partial charge in [-0.05, 0) is 29.8 Å². The lowest BCUT2D eigenvalue weighted by Gasteiger charge is -2.26. The molecule has 0 aliphatic carbocycles. The molecule has 0 saturated heterocycles. The van der Waals surface area contributed by atoms with Crippen LogP contribution in [0.5, 0.6) is 0 Å². The Morgan fingerprint density at radius 1 is 1.21 bits per heavy atom. The van der Waals surface area contributed by atoms with Crippen molar-refractivity contribution in [3.63, 3.8) is 0 Å². The molecule has 2 aromatic carbocycles. The number of halogens is 1. The summed E-state index contributed by atoms with van der Waals surface area (Å²) >= 11 is 0. The number of hydrogen-bond donors (Lipinski definition) is 2. The first kappa shape index (κ1) is 17.5. The van der Waals surface area contributed by atoms with Crippen LogP contribution in [0.15, 0.2) is 54.7 Å². The van der Waals surface area contributed by atoms with Crippen LogP contribution in [-0.2, 0) is 4.79 Å². The highest BCUT2D eigenvalue weighted by molar-refractivity contribution is 6.04.